The zero-order valence-corrected chi connectivity index (χ0v) is 32.5. The minimum Gasteiger partial charge on any atom is -0.342 e. The topological polar surface area (TPSA) is 19.7 Å². The third-order valence-electron chi connectivity index (χ3n) is 12.2. The van der Waals surface area contributed by atoms with Crippen LogP contribution in [-0.2, 0) is 7.05 Å². The lowest BCUT2D eigenvalue weighted by Crippen LogP contribution is -1.98. The van der Waals surface area contributed by atoms with Crippen molar-refractivity contribution in [3.05, 3.63) is 212 Å². The summed E-state index contributed by atoms with van der Waals surface area (Å²) in [5.41, 5.74) is 13.6. The Morgan fingerprint density at radius 2 is 0.475 bits per heavy atom. The second-order valence-electron chi connectivity index (χ2n) is 15.4. The van der Waals surface area contributed by atoms with Crippen molar-refractivity contribution in [2.75, 3.05) is 0 Å². The molecule has 0 aliphatic carbocycles. The van der Waals surface area contributed by atoms with E-state index in [1.54, 1.807) is 0 Å². The van der Waals surface area contributed by atoms with Crippen LogP contribution in [0.4, 0.5) is 0 Å². The van der Waals surface area contributed by atoms with E-state index in [1.807, 2.05) is 0 Å². The van der Waals surface area contributed by atoms with Gasteiger partial charge in [0.25, 0.3) is 0 Å². The van der Waals surface area contributed by atoms with Crippen LogP contribution < -0.4 is 0 Å². The number of aryl methyl sites for hydroxylation is 1. The standard InChI is InChI=1S/C30H20N2.C25H18N2/c1-3-11-21(12-4-1)31-27-17-9-7-15-23(27)25-19-20-26-24-16-8-10-18-28(24)32(30(26)29(25)31)22-13-5-2-6-14-22;1-26-22-13-7-5-11-18(22)20-15-16-21-19-12-6-8-14-23(19)27(25(21)24(20)26)17-9-3-2-4-10-17/h1-20H;2-16H,1H3. The van der Waals surface area contributed by atoms with Crippen molar-refractivity contribution in [2.24, 2.45) is 7.05 Å². The Balaban J connectivity index is 0.000000130. The van der Waals surface area contributed by atoms with E-state index in [9.17, 15) is 0 Å². The number of nitrogens with zero attached hydrogens (tertiary/aromatic N) is 4. The Hall–Kier alpha value is -7.82. The number of benzene rings is 9. The second kappa shape index (κ2) is 13.1. The van der Waals surface area contributed by atoms with E-state index in [1.165, 1.54) is 104 Å². The molecule has 0 saturated carbocycles. The average Bonchev–Trinajstić information content (AvgIpc) is 4.03. The molecule has 9 aromatic carbocycles. The highest BCUT2D eigenvalue weighted by atomic mass is 15.0. The molecule has 0 amide bonds. The molecule has 0 unspecified atom stereocenters. The van der Waals surface area contributed by atoms with Gasteiger partial charge < -0.3 is 18.3 Å². The summed E-state index contributed by atoms with van der Waals surface area (Å²) in [7, 11) is 2.18. The smallest absolute Gasteiger partial charge is 0.0788 e. The van der Waals surface area contributed by atoms with E-state index in [2.05, 4.69) is 238 Å². The first-order valence-corrected chi connectivity index (χ1v) is 20.3. The van der Waals surface area contributed by atoms with Gasteiger partial charge in [-0.2, -0.15) is 0 Å². The molecule has 4 heteroatoms. The van der Waals surface area contributed by atoms with Gasteiger partial charge in [-0.3, -0.25) is 0 Å². The van der Waals surface area contributed by atoms with E-state index < -0.39 is 0 Å². The molecule has 13 aromatic rings. The van der Waals surface area contributed by atoms with E-state index in [0.717, 1.165) is 0 Å². The lowest BCUT2D eigenvalue weighted by atomic mass is 10.1. The summed E-state index contributed by atoms with van der Waals surface area (Å²) in [6, 6.07) is 76.0. The van der Waals surface area contributed by atoms with Crippen LogP contribution in [-0.4, -0.2) is 18.3 Å². The molecule has 0 bridgehead atoms. The predicted molar refractivity (Wildman–Crippen MR) is 250 cm³/mol. The Kier molecular flexibility index (Phi) is 7.41. The van der Waals surface area contributed by atoms with Crippen LogP contribution in [0.25, 0.3) is 104 Å². The summed E-state index contributed by atoms with van der Waals surface area (Å²) in [5, 5.41) is 10.3. The summed E-state index contributed by atoms with van der Waals surface area (Å²) in [6.07, 6.45) is 0. The summed E-state index contributed by atoms with van der Waals surface area (Å²) in [5.74, 6) is 0. The quantitative estimate of drug-likeness (QED) is 0.171. The zero-order valence-electron chi connectivity index (χ0n) is 32.5. The summed E-state index contributed by atoms with van der Waals surface area (Å²) < 4.78 is 9.59. The Bertz CT molecular complexity index is 3580. The fraction of sp³-hybridized carbons (Fsp3) is 0.0182. The van der Waals surface area contributed by atoms with Crippen molar-refractivity contribution in [2.45, 2.75) is 0 Å². The van der Waals surface area contributed by atoms with Gasteiger partial charge in [-0.1, -0.05) is 152 Å². The molecule has 278 valence electrons. The molecule has 0 aliphatic heterocycles. The van der Waals surface area contributed by atoms with Gasteiger partial charge in [0.15, 0.2) is 0 Å². The van der Waals surface area contributed by atoms with E-state index >= 15 is 0 Å². The SMILES string of the molecule is Cn1c2ccccc2c2ccc3c4ccccc4n(-c4ccccc4)c3c21.c1ccc(-n2c3ccccc3c3ccc4c5ccccc5n(-c5ccccc5)c4c32)cc1. The fourth-order valence-electron chi connectivity index (χ4n) is 9.75. The number of rotatable bonds is 3. The number of hydrogen-bond donors (Lipinski definition) is 0. The van der Waals surface area contributed by atoms with Gasteiger partial charge in [-0.25, -0.2) is 0 Å². The molecule has 0 fully saturated rings. The number of aromatic nitrogens is 4. The summed E-state index contributed by atoms with van der Waals surface area (Å²) in [4.78, 5) is 0. The molecule has 0 radical (unpaired) electrons. The van der Waals surface area contributed by atoms with Crippen molar-refractivity contribution < 1.29 is 0 Å². The van der Waals surface area contributed by atoms with Crippen molar-refractivity contribution >= 4 is 87.2 Å². The van der Waals surface area contributed by atoms with Crippen molar-refractivity contribution in [3.8, 4) is 17.1 Å². The molecule has 4 nitrogen and oxygen atoms in total. The Morgan fingerprint density at radius 1 is 0.220 bits per heavy atom. The number of hydrogen-bond acceptors (Lipinski definition) is 0. The van der Waals surface area contributed by atoms with Crippen molar-refractivity contribution in [1.29, 1.82) is 0 Å². The highest BCUT2D eigenvalue weighted by molar-refractivity contribution is 6.25. The van der Waals surface area contributed by atoms with Crippen molar-refractivity contribution in [1.82, 2.24) is 18.3 Å². The third kappa shape index (κ3) is 4.90. The van der Waals surface area contributed by atoms with Gasteiger partial charge in [0.05, 0.1) is 38.6 Å². The van der Waals surface area contributed by atoms with Crippen LogP contribution in [0.15, 0.2) is 212 Å². The van der Waals surface area contributed by atoms with Crippen LogP contribution >= 0.6 is 0 Å². The molecular formula is C55H38N4. The van der Waals surface area contributed by atoms with E-state index in [-0.39, 0.29) is 0 Å². The van der Waals surface area contributed by atoms with Gasteiger partial charge >= 0.3 is 0 Å². The summed E-state index contributed by atoms with van der Waals surface area (Å²) >= 11 is 0. The lowest BCUT2D eigenvalue weighted by molar-refractivity contribution is 1.01. The maximum atomic E-state index is 2.42. The number of para-hydroxylation sites is 7. The van der Waals surface area contributed by atoms with Gasteiger partial charge in [0.2, 0.25) is 0 Å². The fourth-order valence-corrected chi connectivity index (χ4v) is 9.75. The molecule has 0 spiro atoms. The maximum absolute atomic E-state index is 2.42. The first-order valence-electron chi connectivity index (χ1n) is 20.3. The monoisotopic (exact) mass is 754 g/mol. The first-order chi connectivity index (χ1) is 29.3. The Morgan fingerprint density at radius 3 is 0.831 bits per heavy atom. The molecule has 0 atom stereocenters. The second-order valence-corrected chi connectivity index (χ2v) is 15.4. The van der Waals surface area contributed by atoms with Crippen LogP contribution in [0.3, 0.4) is 0 Å². The van der Waals surface area contributed by atoms with Crippen LogP contribution in [0, 0.1) is 0 Å². The number of fused-ring (bicyclic) bond motifs is 14. The molecule has 0 aliphatic rings. The first kappa shape index (κ1) is 33.3. The molecule has 0 N–H and O–H groups in total. The zero-order chi connectivity index (χ0) is 39.0. The Labute approximate surface area is 340 Å². The highest BCUT2D eigenvalue weighted by Gasteiger charge is 2.21. The molecule has 13 rings (SSSR count). The van der Waals surface area contributed by atoms with Gasteiger partial charge in [0, 0.05) is 72.7 Å². The minimum absolute atomic E-state index is 1.18. The van der Waals surface area contributed by atoms with Gasteiger partial charge in [-0.05, 0) is 60.7 Å². The molecule has 4 heterocycles. The minimum atomic E-state index is 1.18. The summed E-state index contributed by atoms with van der Waals surface area (Å²) in [6.45, 7) is 0. The average molecular weight is 755 g/mol. The molecule has 4 aromatic heterocycles. The van der Waals surface area contributed by atoms with E-state index in [0.29, 0.717) is 0 Å². The molecular weight excluding hydrogens is 717 g/mol. The third-order valence-corrected chi connectivity index (χ3v) is 12.2. The van der Waals surface area contributed by atoms with Crippen LogP contribution in [0.1, 0.15) is 0 Å². The maximum Gasteiger partial charge on any atom is 0.0788 e. The van der Waals surface area contributed by atoms with Gasteiger partial charge in [0.1, 0.15) is 0 Å². The molecule has 59 heavy (non-hydrogen) atoms. The van der Waals surface area contributed by atoms with Crippen LogP contribution in [0.5, 0.6) is 0 Å². The normalized spacial score (nSPS) is 11.8. The van der Waals surface area contributed by atoms with Gasteiger partial charge in [-0.15, -0.1) is 0 Å². The van der Waals surface area contributed by atoms with Crippen molar-refractivity contribution in [3.63, 3.8) is 0 Å². The largest absolute Gasteiger partial charge is 0.342 e. The van der Waals surface area contributed by atoms with E-state index in [4.69, 9.17) is 0 Å². The van der Waals surface area contributed by atoms with Crippen LogP contribution in [0.2, 0.25) is 0 Å². The molecule has 0 saturated heterocycles. The lowest BCUT2D eigenvalue weighted by Gasteiger charge is -2.12. The highest BCUT2D eigenvalue weighted by Crippen LogP contribution is 2.42. The predicted octanol–water partition coefficient (Wildman–Crippen LogP) is 14.3.